The molecule has 0 radical (unpaired) electrons. The molecule has 0 saturated heterocycles. The molecular weight excluding hydrogens is 238 g/mol. The molecule has 2 rings (SSSR count). The Labute approximate surface area is 114 Å². The van der Waals surface area contributed by atoms with Crippen molar-refractivity contribution in [2.75, 3.05) is 0 Å². The first kappa shape index (κ1) is 13.7. The van der Waals surface area contributed by atoms with Gasteiger partial charge in [0.25, 0.3) is 0 Å². The molecule has 0 spiro atoms. The van der Waals surface area contributed by atoms with Gasteiger partial charge < -0.3 is 10.1 Å². The molecule has 0 aliphatic heterocycles. The summed E-state index contributed by atoms with van der Waals surface area (Å²) < 4.78 is 5.22. The van der Waals surface area contributed by atoms with Crippen molar-refractivity contribution in [1.29, 1.82) is 0 Å². The zero-order valence-corrected chi connectivity index (χ0v) is 11.2. The minimum absolute atomic E-state index is 0.222. The predicted octanol–water partition coefficient (Wildman–Crippen LogP) is 3.66. The molecule has 1 aliphatic carbocycles. The Hall–Kier alpha value is -1.77. The highest BCUT2D eigenvalue weighted by molar-refractivity contribution is 5.67. The van der Waals surface area contributed by atoms with Crippen molar-refractivity contribution in [3.63, 3.8) is 0 Å². The molecule has 1 saturated carbocycles. The van der Waals surface area contributed by atoms with Gasteiger partial charge >= 0.3 is 6.09 Å². The summed E-state index contributed by atoms with van der Waals surface area (Å²) in [4.78, 5) is 11.7. The van der Waals surface area contributed by atoms with Crippen molar-refractivity contribution in [3.05, 3.63) is 48.6 Å². The molecule has 1 fully saturated rings. The van der Waals surface area contributed by atoms with E-state index in [1.165, 1.54) is 6.42 Å². The number of carbonyl (C=O) groups is 1. The van der Waals surface area contributed by atoms with E-state index in [1.54, 1.807) is 0 Å². The largest absolute Gasteiger partial charge is 0.445 e. The van der Waals surface area contributed by atoms with E-state index in [0.717, 1.165) is 24.8 Å². The van der Waals surface area contributed by atoms with E-state index in [-0.39, 0.29) is 12.1 Å². The van der Waals surface area contributed by atoms with E-state index in [9.17, 15) is 4.79 Å². The van der Waals surface area contributed by atoms with Crippen molar-refractivity contribution >= 4 is 6.09 Å². The van der Waals surface area contributed by atoms with Gasteiger partial charge in [-0.2, -0.15) is 0 Å². The molecule has 102 valence electrons. The van der Waals surface area contributed by atoms with Gasteiger partial charge in [0.05, 0.1) is 0 Å². The molecule has 0 aromatic heterocycles. The number of ether oxygens (including phenoxy) is 1. The van der Waals surface area contributed by atoms with E-state index in [2.05, 4.69) is 11.9 Å². The molecule has 1 aromatic rings. The number of amides is 1. The summed E-state index contributed by atoms with van der Waals surface area (Å²) in [6.45, 7) is 4.15. The number of carbonyl (C=O) groups excluding carboxylic acids is 1. The maximum Gasteiger partial charge on any atom is 0.407 e. The monoisotopic (exact) mass is 259 g/mol. The van der Waals surface area contributed by atoms with Gasteiger partial charge in [-0.15, -0.1) is 6.58 Å². The second-order valence-corrected chi connectivity index (χ2v) is 5.07. The fraction of sp³-hybridized carbons (Fsp3) is 0.438. The molecule has 19 heavy (non-hydrogen) atoms. The first-order valence-corrected chi connectivity index (χ1v) is 6.87. The zero-order chi connectivity index (χ0) is 13.5. The molecule has 1 aliphatic rings. The third kappa shape index (κ3) is 4.43. The Bertz CT molecular complexity index is 416. The molecule has 0 heterocycles. The number of rotatable bonds is 4. The number of allylic oxidation sites excluding steroid dienone is 1. The summed E-state index contributed by atoms with van der Waals surface area (Å²) in [6.07, 6.45) is 6.00. The van der Waals surface area contributed by atoms with Crippen LogP contribution in [0.5, 0.6) is 0 Å². The summed E-state index contributed by atoms with van der Waals surface area (Å²) in [5.74, 6) is 0.521. The van der Waals surface area contributed by atoms with Crippen molar-refractivity contribution in [1.82, 2.24) is 5.32 Å². The Morgan fingerprint density at radius 1 is 1.37 bits per heavy atom. The predicted molar refractivity (Wildman–Crippen MR) is 75.7 cm³/mol. The van der Waals surface area contributed by atoms with Gasteiger partial charge in [-0.1, -0.05) is 42.8 Å². The Morgan fingerprint density at radius 2 is 2.16 bits per heavy atom. The third-order valence-electron chi connectivity index (χ3n) is 3.58. The van der Waals surface area contributed by atoms with Crippen LogP contribution < -0.4 is 5.32 Å². The van der Waals surface area contributed by atoms with Crippen molar-refractivity contribution in [3.8, 4) is 0 Å². The molecule has 1 amide bonds. The average molecular weight is 259 g/mol. The molecule has 0 unspecified atom stereocenters. The highest BCUT2D eigenvalue weighted by Gasteiger charge is 2.21. The lowest BCUT2D eigenvalue weighted by Gasteiger charge is -2.27. The van der Waals surface area contributed by atoms with Crippen LogP contribution in [0.1, 0.15) is 31.2 Å². The number of benzene rings is 1. The van der Waals surface area contributed by atoms with Crippen LogP contribution in [-0.2, 0) is 11.3 Å². The third-order valence-corrected chi connectivity index (χ3v) is 3.58. The topological polar surface area (TPSA) is 38.3 Å². The second kappa shape index (κ2) is 6.98. The van der Waals surface area contributed by atoms with Crippen LogP contribution in [0.2, 0.25) is 0 Å². The van der Waals surface area contributed by atoms with E-state index >= 15 is 0 Å². The first-order chi connectivity index (χ1) is 9.28. The van der Waals surface area contributed by atoms with Gasteiger partial charge in [0.2, 0.25) is 0 Å². The van der Waals surface area contributed by atoms with Gasteiger partial charge in [-0.25, -0.2) is 4.79 Å². The Kier molecular flexibility index (Phi) is 5.01. The number of alkyl carbamates (subject to hydrolysis) is 1. The Balaban J connectivity index is 1.73. The first-order valence-electron chi connectivity index (χ1n) is 6.87. The minimum atomic E-state index is -0.321. The van der Waals surface area contributed by atoms with Crippen LogP contribution in [0.3, 0.4) is 0 Å². The maximum absolute atomic E-state index is 11.7. The summed E-state index contributed by atoms with van der Waals surface area (Å²) in [5, 5.41) is 2.94. The smallest absolute Gasteiger partial charge is 0.407 e. The molecule has 3 nitrogen and oxygen atoms in total. The lowest BCUT2D eigenvalue weighted by molar-refractivity contribution is 0.131. The van der Waals surface area contributed by atoms with Crippen LogP contribution in [0.25, 0.3) is 0 Å². The second-order valence-electron chi connectivity index (χ2n) is 5.07. The summed E-state index contributed by atoms with van der Waals surface area (Å²) >= 11 is 0. The zero-order valence-electron chi connectivity index (χ0n) is 11.2. The molecule has 3 heteroatoms. The minimum Gasteiger partial charge on any atom is -0.445 e. The summed E-state index contributed by atoms with van der Waals surface area (Å²) in [7, 11) is 0. The van der Waals surface area contributed by atoms with Crippen LogP contribution >= 0.6 is 0 Å². The van der Waals surface area contributed by atoms with E-state index < -0.39 is 0 Å². The number of hydrogen-bond acceptors (Lipinski definition) is 2. The van der Waals surface area contributed by atoms with Crippen LogP contribution in [0.4, 0.5) is 4.79 Å². The highest BCUT2D eigenvalue weighted by atomic mass is 16.5. The van der Waals surface area contributed by atoms with Gasteiger partial charge in [-0.05, 0) is 30.7 Å². The number of nitrogens with one attached hydrogen (secondary N) is 1. The highest BCUT2D eigenvalue weighted by Crippen LogP contribution is 2.24. The summed E-state index contributed by atoms with van der Waals surface area (Å²) in [6, 6.07) is 9.93. The van der Waals surface area contributed by atoms with Crippen molar-refractivity contribution in [2.45, 2.75) is 38.3 Å². The molecular formula is C16H21NO2. The van der Waals surface area contributed by atoms with Crippen molar-refractivity contribution < 1.29 is 9.53 Å². The van der Waals surface area contributed by atoms with Gasteiger partial charge in [0, 0.05) is 6.04 Å². The van der Waals surface area contributed by atoms with Gasteiger partial charge in [-0.3, -0.25) is 0 Å². The van der Waals surface area contributed by atoms with Crippen LogP contribution in [0, 0.1) is 5.92 Å². The standard InChI is InChI=1S/C16H21NO2/c1-2-13-9-6-10-15(11-13)17-16(18)19-12-14-7-4-3-5-8-14/h2-5,7-8,13,15H,1,6,9-12H2,(H,17,18)/t13-,15-/m1/s1. The fourth-order valence-electron chi connectivity index (χ4n) is 2.50. The van der Waals surface area contributed by atoms with E-state index in [1.807, 2.05) is 36.4 Å². The van der Waals surface area contributed by atoms with Crippen LogP contribution in [-0.4, -0.2) is 12.1 Å². The van der Waals surface area contributed by atoms with Gasteiger partial charge in [0.15, 0.2) is 0 Å². The van der Waals surface area contributed by atoms with Gasteiger partial charge in [0.1, 0.15) is 6.61 Å². The lowest BCUT2D eigenvalue weighted by Crippen LogP contribution is -2.38. The Morgan fingerprint density at radius 3 is 2.89 bits per heavy atom. The molecule has 2 atom stereocenters. The van der Waals surface area contributed by atoms with E-state index in [0.29, 0.717) is 12.5 Å². The molecule has 1 N–H and O–H groups in total. The molecule has 1 aromatic carbocycles. The number of hydrogen-bond donors (Lipinski definition) is 1. The quantitative estimate of drug-likeness (QED) is 0.838. The van der Waals surface area contributed by atoms with E-state index in [4.69, 9.17) is 4.74 Å². The molecule has 0 bridgehead atoms. The SMILES string of the molecule is C=C[C@@H]1CCC[C@@H](NC(=O)OCc2ccccc2)C1. The normalized spacial score (nSPS) is 22.5. The van der Waals surface area contributed by atoms with Crippen molar-refractivity contribution in [2.24, 2.45) is 5.92 Å². The average Bonchev–Trinajstić information content (AvgIpc) is 2.46. The fourth-order valence-corrected chi connectivity index (χ4v) is 2.50. The van der Waals surface area contributed by atoms with Crippen LogP contribution in [0.15, 0.2) is 43.0 Å². The maximum atomic E-state index is 11.7. The summed E-state index contributed by atoms with van der Waals surface area (Å²) in [5.41, 5.74) is 1.00. The lowest BCUT2D eigenvalue weighted by atomic mass is 9.86.